The zero-order valence-electron chi connectivity index (χ0n) is 15.6. The lowest BCUT2D eigenvalue weighted by atomic mass is 9.96. The van der Waals surface area contributed by atoms with Crippen molar-refractivity contribution in [3.63, 3.8) is 0 Å². The zero-order chi connectivity index (χ0) is 18.2. The van der Waals surface area contributed by atoms with Gasteiger partial charge in [-0.15, -0.1) is 0 Å². The van der Waals surface area contributed by atoms with Gasteiger partial charge in [0.15, 0.2) is 5.82 Å². The number of fused-ring (bicyclic) bond motifs is 1. The van der Waals surface area contributed by atoms with Gasteiger partial charge in [-0.1, -0.05) is 6.07 Å². The van der Waals surface area contributed by atoms with Gasteiger partial charge in [0.2, 0.25) is 5.91 Å². The number of piperidine rings is 1. The average molecular weight is 366 g/mol. The van der Waals surface area contributed by atoms with Crippen LogP contribution in [0.2, 0.25) is 0 Å². The average Bonchev–Trinajstić information content (AvgIpc) is 3.52. The number of nitrogens with zero attached hydrogens (tertiary/aromatic N) is 6. The first-order valence-electron chi connectivity index (χ1n) is 10.2. The van der Waals surface area contributed by atoms with Crippen LogP contribution >= 0.6 is 0 Å². The molecule has 1 saturated heterocycles. The predicted octanol–water partition coefficient (Wildman–Crippen LogP) is 1.85. The van der Waals surface area contributed by atoms with Gasteiger partial charge in [0.25, 0.3) is 0 Å². The van der Waals surface area contributed by atoms with Gasteiger partial charge < -0.3 is 9.80 Å². The molecule has 7 heteroatoms. The van der Waals surface area contributed by atoms with Gasteiger partial charge in [0, 0.05) is 44.7 Å². The smallest absolute Gasteiger partial charge is 0.227 e. The molecule has 5 rings (SSSR count). The highest BCUT2D eigenvalue weighted by Crippen LogP contribution is 2.38. The molecule has 1 saturated carbocycles. The molecular weight excluding hydrogens is 340 g/mol. The standard InChI is InChI=1S/C20H26N6O/c27-20(16-4-3-10-25(14-16)17-5-1-2-9-21-17)24-11-8-18-22-19(15-6-7-15)23-26(18)13-12-24/h1-2,5,9,15-16H,3-4,6-8,10-14H2. The van der Waals surface area contributed by atoms with Crippen molar-refractivity contribution in [2.75, 3.05) is 31.1 Å². The number of hydrogen-bond acceptors (Lipinski definition) is 5. The van der Waals surface area contributed by atoms with Crippen molar-refractivity contribution in [3.05, 3.63) is 36.0 Å². The molecule has 7 nitrogen and oxygen atoms in total. The molecule has 0 N–H and O–H groups in total. The Morgan fingerprint density at radius 2 is 2.00 bits per heavy atom. The fourth-order valence-electron chi connectivity index (χ4n) is 4.24. The Labute approximate surface area is 159 Å². The summed E-state index contributed by atoms with van der Waals surface area (Å²) in [6, 6.07) is 5.97. The molecule has 2 aliphatic heterocycles. The SMILES string of the molecule is O=C(C1CCCN(c2ccccn2)C1)N1CCc2nc(C3CC3)nn2CC1. The number of aromatic nitrogens is 4. The van der Waals surface area contributed by atoms with Crippen molar-refractivity contribution in [1.82, 2.24) is 24.6 Å². The molecular formula is C20H26N6O. The van der Waals surface area contributed by atoms with E-state index < -0.39 is 0 Å². The fraction of sp³-hybridized carbons (Fsp3) is 0.600. The minimum absolute atomic E-state index is 0.0566. The summed E-state index contributed by atoms with van der Waals surface area (Å²) < 4.78 is 2.03. The molecule has 0 radical (unpaired) electrons. The summed E-state index contributed by atoms with van der Waals surface area (Å²) in [6.07, 6.45) is 7.08. The molecule has 2 aromatic heterocycles. The number of amides is 1. The van der Waals surface area contributed by atoms with Crippen molar-refractivity contribution in [2.24, 2.45) is 5.92 Å². The zero-order valence-corrected chi connectivity index (χ0v) is 15.6. The topological polar surface area (TPSA) is 67.2 Å². The number of hydrogen-bond donors (Lipinski definition) is 0. The molecule has 1 atom stereocenters. The van der Waals surface area contributed by atoms with E-state index in [0.29, 0.717) is 5.92 Å². The lowest BCUT2D eigenvalue weighted by Crippen LogP contribution is -2.46. The lowest BCUT2D eigenvalue weighted by Gasteiger charge is -2.35. The van der Waals surface area contributed by atoms with Crippen LogP contribution < -0.4 is 4.90 Å². The molecule has 1 unspecified atom stereocenters. The summed E-state index contributed by atoms with van der Waals surface area (Å²) in [5.74, 6) is 3.96. The first kappa shape index (κ1) is 16.7. The van der Waals surface area contributed by atoms with Crippen molar-refractivity contribution in [3.8, 4) is 0 Å². The van der Waals surface area contributed by atoms with E-state index in [1.165, 1.54) is 12.8 Å². The molecule has 2 aromatic rings. The summed E-state index contributed by atoms with van der Waals surface area (Å²) >= 11 is 0. The fourth-order valence-corrected chi connectivity index (χ4v) is 4.24. The number of carbonyl (C=O) groups is 1. The Kier molecular flexibility index (Phi) is 4.30. The maximum atomic E-state index is 13.2. The van der Waals surface area contributed by atoms with Crippen LogP contribution in [0, 0.1) is 5.92 Å². The quantitative estimate of drug-likeness (QED) is 0.829. The number of anilines is 1. The molecule has 27 heavy (non-hydrogen) atoms. The minimum atomic E-state index is 0.0566. The molecule has 0 bridgehead atoms. The van der Waals surface area contributed by atoms with Crippen LogP contribution in [0.5, 0.6) is 0 Å². The largest absolute Gasteiger partial charge is 0.356 e. The van der Waals surface area contributed by atoms with Crippen molar-refractivity contribution in [1.29, 1.82) is 0 Å². The number of pyridine rings is 1. The third-order valence-electron chi connectivity index (χ3n) is 5.95. The minimum Gasteiger partial charge on any atom is -0.356 e. The molecule has 2 fully saturated rings. The third kappa shape index (κ3) is 3.42. The second-order valence-electron chi connectivity index (χ2n) is 7.93. The van der Waals surface area contributed by atoms with Gasteiger partial charge in [-0.2, -0.15) is 5.10 Å². The van der Waals surface area contributed by atoms with Crippen LogP contribution in [0.15, 0.2) is 24.4 Å². The summed E-state index contributed by atoms with van der Waals surface area (Å²) in [5, 5.41) is 4.68. The molecule has 142 valence electrons. The molecule has 1 aliphatic carbocycles. The molecule has 0 aromatic carbocycles. The van der Waals surface area contributed by atoms with E-state index in [1.54, 1.807) is 0 Å². The van der Waals surface area contributed by atoms with E-state index in [1.807, 2.05) is 34.0 Å². The van der Waals surface area contributed by atoms with Crippen LogP contribution in [0.1, 0.15) is 43.3 Å². The lowest BCUT2D eigenvalue weighted by molar-refractivity contribution is -0.135. The van der Waals surface area contributed by atoms with E-state index in [4.69, 9.17) is 4.98 Å². The van der Waals surface area contributed by atoms with Crippen LogP contribution in [0.25, 0.3) is 0 Å². The van der Waals surface area contributed by atoms with Gasteiger partial charge in [-0.25, -0.2) is 14.6 Å². The van der Waals surface area contributed by atoms with E-state index in [9.17, 15) is 4.79 Å². The van der Waals surface area contributed by atoms with Crippen molar-refractivity contribution in [2.45, 2.75) is 44.6 Å². The highest BCUT2D eigenvalue weighted by Gasteiger charge is 2.32. The van der Waals surface area contributed by atoms with E-state index in [2.05, 4.69) is 15.0 Å². The second-order valence-corrected chi connectivity index (χ2v) is 7.93. The van der Waals surface area contributed by atoms with Gasteiger partial charge in [0.1, 0.15) is 11.6 Å². The summed E-state index contributed by atoms with van der Waals surface area (Å²) in [6.45, 7) is 3.99. The van der Waals surface area contributed by atoms with Gasteiger partial charge in [0.05, 0.1) is 12.5 Å². The first-order chi connectivity index (χ1) is 13.3. The Balaban J connectivity index is 1.23. The Bertz CT molecular complexity index is 790. The van der Waals surface area contributed by atoms with Crippen molar-refractivity contribution < 1.29 is 4.79 Å². The highest BCUT2D eigenvalue weighted by atomic mass is 16.2. The highest BCUT2D eigenvalue weighted by molar-refractivity contribution is 5.79. The van der Waals surface area contributed by atoms with E-state index in [-0.39, 0.29) is 11.8 Å². The number of carbonyl (C=O) groups excluding carboxylic acids is 1. The number of rotatable bonds is 3. The third-order valence-corrected chi connectivity index (χ3v) is 5.95. The van der Waals surface area contributed by atoms with Gasteiger partial charge in [-0.3, -0.25) is 4.79 Å². The molecule has 1 amide bonds. The Morgan fingerprint density at radius 1 is 1.07 bits per heavy atom. The summed E-state index contributed by atoms with van der Waals surface area (Å²) in [5.41, 5.74) is 0. The summed E-state index contributed by atoms with van der Waals surface area (Å²) in [7, 11) is 0. The molecule has 4 heterocycles. The van der Waals surface area contributed by atoms with Gasteiger partial charge >= 0.3 is 0 Å². The molecule has 3 aliphatic rings. The Hall–Kier alpha value is -2.44. The monoisotopic (exact) mass is 366 g/mol. The van der Waals surface area contributed by atoms with Crippen molar-refractivity contribution >= 4 is 11.7 Å². The van der Waals surface area contributed by atoms with Crippen LogP contribution in [0.4, 0.5) is 5.82 Å². The van der Waals surface area contributed by atoms with Gasteiger partial charge in [-0.05, 0) is 37.8 Å². The summed E-state index contributed by atoms with van der Waals surface area (Å²) in [4.78, 5) is 26.6. The Morgan fingerprint density at radius 3 is 2.81 bits per heavy atom. The predicted molar refractivity (Wildman–Crippen MR) is 101 cm³/mol. The first-order valence-corrected chi connectivity index (χ1v) is 10.2. The van der Waals surface area contributed by atoms with Crippen LogP contribution in [-0.4, -0.2) is 56.7 Å². The van der Waals surface area contributed by atoms with Crippen LogP contribution in [-0.2, 0) is 17.8 Å². The second kappa shape index (κ2) is 6.94. The molecule has 0 spiro atoms. The maximum Gasteiger partial charge on any atom is 0.227 e. The van der Waals surface area contributed by atoms with E-state index in [0.717, 1.165) is 69.5 Å². The normalized spacial score (nSPS) is 23.0. The van der Waals surface area contributed by atoms with E-state index >= 15 is 0 Å². The maximum absolute atomic E-state index is 13.2. The van der Waals surface area contributed by atoms with Crippen LogP contribution in [0.3, 0.4) is 0 Å².